The molecule has 1 amide bonds. The van der Waals surface area contributed by atoms with Crippen molar-refractivity contribution in [1.29, 1.82) is 0 Å². The summed E-state index contributed by atoms with van der Waals surface area (Å²) in [4.78, 5) is 15.6. The minimum absolute atomic E-state index is 0.224. The monoisotopic (exact) mass is 277 g/mol. The minimum Gasteiger partial charge on any atom is -0.382 e. The highest BCUT2D eigenvalue weighted by Gasteiger charge is 2.17. The molecule has 0 atom stereocenters. The summed E-state index contributed by atoms with van der Waals surface area (Å²) in [5.41, 5.74) is 7.29. The second kappa shape index (κ2) is 6.14. The van der Waals surface area contributed by atoms with E-state index in [0.29, 0.717) is 17.1 Å². The van der Waals surface area contributed by atoms with Gasteiger partial charge in [-0.15, -0.1) is 0 Å². The van der Waals surface area contributed by atoms with Crippen molar-refractivity contribution in [3.63, 3.8) is 0 Å². The topological polar surface area (TPSA) is 92.9 Å². The second-order valence-electron chi connectivity index (χ2n) is 3.88. The minimum atomic E-state index is -0.224. The van der Waals surface area contributed by atoms with Crippen LogP contribution < -0.4 is 16.4 Å². The van der Waals surface area contributed by atoms with Crippen LogP contribution in [-0.2, 0) is 6.42 Å². The van der Waals surface area contributed by atoms with Gasteiger partial charge in [0.1, 0.15) is 10.6 Å². The summed E-state index contributed by atoms with van der Waals surface area (Å²) < 4.78 is 4.00. The lowest BCUT2D eigenvalue weighted by atomic mass is 10.2. The van der Waals surface area contributed by atoms with Gasteiger partial charge < -0.3 is 16.4 Å². The zero-order chi connectivity index (χ0) is 13.7. The molecule has 2 heterocycles. The molecule has 6 nitrogen and oxygen atoms in total. The molecule has 0 aliphatic heterocycles. The van der Waals surface area contributed by atoms with Gasteiger partial charge in [-0.25, -0.2) is 0 Å². The van der Waals surface area contributed by atoms with Crippen LogP contribution in [0.2, 0.25) is 0 Å². The first kappa shape index (κ1) is 13.3. The van der Waals surface area contributed by atoms with Gasteiger partial charge in [0.15, 0.2) is 5.82 Å². The van der Waals surface area contributed by atoms with Gasteiger partial charge in [-0.1, -0.05) is 0 Å². The van der Waals surface area contributed by atoms with Gasteiger partial charge >= 0.3 is 0 Å². The molecule has 0 aromatic carbocycles. The van der Waals surface area contributed by atoms with Gasteiger partial charge in [0.2, 0.25) is 0 Å². The molecular weight excluding hydrogens is 262 g/mol. The van der Waals surface area contributed by atoms with Gasteiger partial charge in [-0.05, 0) is 35.6 Å². The van der Waals surface area contributed by atoms with Crippen molar-refractivity contribution in [2.75, 3.05) is 24.6 Å². The maximum atomic E-state index is 11.7. The first-order valence-electron chi connectivity index (χ1n) is 5.82. The molecule has 4 N–H and O–H groups in total. The molecule has 2 aromatic rings. The number of anilines is 2. The van der Waals surface area contributed by atoms with Crippen molar-refractivity contribution < 1.29 is 4.79 Å². The van der Waals surface area contributed by atoms with E-state index < -0.39 is 0 Å². The summed E-state index contributed by atoms with van der Waals surface area (Å²) >= 11 is 1.20. The van der Waals surface area contributed by atoms with E-state index in [0.717, 1.165) is 6.42 Å². The third-order valence-corrected chi connectivity index (χ3v) is 3.44. The normalized spacial score (nSPS) is 10.2. The number of nitrogens with one attached hydrogen (secondary N) is 2. The van der Waals surface area contributed by atoms with Gasteiger partial charge in [0.25, 0.3) is 5.91 Å². The van der Waals surface area contributed by atoms with Crippen molar-refractivity contribution in [3.8, 4) is 0 Å². The summed E-state index contributed by atoms with van der Waals surface area (Å²) in [7, 11) is 1.57. The average Bonchev–Trinajstić information content (AvgIpc) is 2.80. The van der Waals surface area contributed by atoms with Crippen LogP contribution in [-0.4, -0.2) is 28.9 Å². The Kier molecular flexibility index (Phi) is 4.30. The molecule has 0 saturated carbocycles. The highest BCUT2D eigenvalue weighted by Crippen LogP contribution is 2.26. The number of rotatable bonds is 5. The molecule has 0 fully saturated rings. The zero-order valence-electron chi connectivity index (χ0n) is 10.5. The molecule has 2 rings (SSSR count). The molecule has 0 aliphatic carbocycles. The van der Waals surface area contributed by atoms with Crippen LogP contribution in [0.5, 0.6) is 0 Å². The Labute approximate surface area is 115 Å². The van der Waals surface area contributed by atoms with Crippen molar-refractivity contribution in [1.82, 2.24) is 14.7 Å². The highest BCUT2D eigenvalue weighted by molar-refractivity contribution is 7.11. The quantitative estimate of drug-likeness (QED) is 0.762. The Morgan fingerprint density at radius 3 is 2.84 bits per heavy atom. The summed E-state index contributed by atoms with van der Waals surface area (Å²) in [6, 6.07) is 3.92. The highest BCUT2D eigenvalue weighted by atomic mass is 32.1. The molecule has 0 spiro atoms. The SMILES string of the molecule is CNC(=O)c1c(N)nsc1NCCc1ccncc1. The average molecular weight is 277 g/mol. The number of nitrogens with two attached hydrogens (primary N) is 1. The van der Waals surface area contributed by atoms with Gasteiger partial charge in [0.05, 0.1) is 0 Å². The lowest BCUT2D eigenvalue weighted by Crippen LogP contribution is -2.20. The molecule has 100 valence electrons. The number of pyridine rings is 1. The number of carbonyl (C=O) groups excluding carboxylic acids is 1. The van der Waals surface area contributed by atoms with Crippen LogP contribution in [0.3, 0.4) is 0 Å². The summed E-state index contributed by atoms with van der Waals surface area (Å²) in [5, 5.41) is 6.45. The van der Waals surface area contributed by atoms with Crippen LogP contribution in [0.1, 0.15) is 15.9 Å². The van der Waals surface area contributed by atoms with E-state index in [4.69, 9.17) is 5.73 Å². The van der Waals surface area contributed by atoms with E-state index in [2.05, 4.69) is 20.0 Å². The zero-order valence-corrected chi connectivity index (χ0v) is 11.3. The largest absolute Gasteiger partial charge is 0.382 e. The number of aromatic nitrogens is 2. The fraction of sp³-hybridized carbons (Fsp3) is 0.250. The lowest BCUT2D eigenvalue weighted by Gasteiger charge is -2.06. The molecule has 0 bridgehead atoms. The fourth-order valence-electron chi connectivity index (χ4n) is 1.64. The molecular formula is C12H15N5OS. The van der Waals surface area contributed by atoms with Crippen LogP contribution in [0.4, 0.5) is 10.8 Å². The number of hydrogen-bond acceptors (Lipinski definition) is 6. The Balaban J connectivity index is 1.98. The molecule has 0 saturated heterocycles. The number of hydrogen-bond donors (Lipinski definition) is 3. The predicted molar refractivity (Wildman–Crippen MR) is 76.3 cm³/mol. The molecule has 2 aromatic heterocycles. The van der Waals surface area contributed by atoms with Gasteiger partial charge in [-0.3, -0.25) is 9.78 Å². The molecule has 7 heteroatoms. The third-order valence-electron chi connectivity index (χ3n) is 2.62. The van der Waals surface area contributed by atoms with Crippen molar-refractivity contribution >= 4 is 28.3 Å². The van der Waals surface area contributed by atoms with Crippen molar-refractivity contribution in [2.24, 2.45) is 0 Å². The first-order chi connectivity index (χ1) is 9.22. The Morgan fingerprint density at radius 1 is 1.42 bits per heavy atom. The van der Waals surface area contributed by atoms with Crippen molar-refractivity contribution in [2.45, 2.75) is 6.42 Å². The Hall–Kier alpha value is -2.15. The second-order valence-corrected chi connectivity index (χ2v) is 4.66. The number of amides is 1. The molecule has 19 heavy (non-hydrogen) atoms. The van der Waals surface area contributed by atoms with Crippen LogP contribution in [0.25, 0.3) is 0 Å². The number of carbonyl (C=O) groups is 1. The third kappa shape index (κ3) is 3.19. The summed E-state index contributed by atoms with van der Waals surface area (Å²) in [5.74, 6) is 0.0356. The smallest absolute Gasteiger partial charge is 0.257 e. The molecule has 0 aliphatic rings. The van der Waals surface area contributed by atoms with Gasteiger partial charge in [0, 0.05) is 26.0 Å². The number of nitrogen functional groups attached to an aromatic ring is 1. The van der Waals surface area contributed by atoms with E-state index in [-0.39, 0.29) is 11.7 Å². The van der Waals surface area contributed by atoms with Crippen LogP contribution in [0.15, 0.2) is 24.5 Å². The Bertz CT molecular complexity index is 555. The first-order valence-corrected chi connectivity index (χ1v) is 6.59. The molecule has 0 radical (unpaired) electrons. The van der Waals surface area contributed by atoms with Crippen LogP contribution >= 0.6 is 11.5 Å². The van der Waals surface area contributed by atoms with E-state index >= 15 is 0 Å². The lowest BCUT2D eigenvalue weighted by molar-refractivity contribution is 0.0965. The standard InChI is InChI=1S/C12H15N5OS/c1-14-11(18)9-10(13)17-19-12(9)16-7-4-8-2-5-15-6-3-8/h2-3,5-6,16H,4,7H2,1H3,(H2,13,17)(H,14,18). The summed E-state index contributed by atoms with van der Waals surface area (Å²) in [6.45, 7) is 0.704. The van der Waals surface area contributed by atoms with E-state index in [1.165, 1.54) is 17.1 Å². The predicted octanol–water partition coefficient (Wildman–Crippen LogP) is 1.13. The number of nitrogens with zero attached hydrogens (tertiary/aromatic N) is 2. The van der Waals surface area contributed by atoms with Crippen LogP contribution in [0, 0.1) is 0 Å². The van der Waals surface area contributed by atoms with E-state index in [9.17, 15) is 4.79 Å². The van der Waals surface area contributed by atoms with Gasteiger partial charge in [-0.2, -0.15) is 4.37 Å². The Morgan fingerprint density at radius 2 is 2.16 bits per heavy atom. The van der Waals surface area contributed by atoms with E-state index in [1.54, 1.807) is 19.4 Å². The fourth-order valence-corrected chi connectivity index (χ4v) is 2.37. The van der Waals surface area contributed by atoms with E-state index in [1.807, 2.05) is 12.1 Å². The maximum Gasteiger partial charge on any atom is 0.257 e. The summed E-state index contributed by atoms with van der Waals surface area (Å²) in [6.07, 6.45) is 4.36. The maximum absolute atomic E-state index is 11.7. The van der Waals surface area contributed by atoms with Crippen molar-refractivity contribution in [3.05, 3.63) is 35.7 Å². The molecule has 0 unspecified atom stereocenters.